The minimum Gasteiger partial charge on any atom is -0.0984 e. The maximum atomic E-state index is 3.97. The molecule has 0 heterocycles. The van der Waals surface area contributed by atoms with Gasteiger partial charge in [-0.05, 0) is 93.8 Å². The highest BCUT2D eigenvalue weighted by Crippen LogP contribution is 2.31. The fourth-order valence-electron chi connectivity index (χ4n) is 4.20. The zero-order chi connectivity index (χ0) is 27.0. The van der Waals surface area contributed by atoms with E-state index in [1.807, 2.05) is 6.08 Å². The van der Waals surface area contributed by atoms with Crippen LogP contribution in [0.1, 0.15) is 85.5 Å². The lowest BCUT2D eigenvalue weighted by Crippen LogP contribution is -2.18. The summed E-state index contributed by atoms with van der Waals surface area (Å²) in [6.45, 7) is 25.9. The van der Waals surface area contributed by atoms with Gasteiger partial charge in [0.25, 0.3) is 0 Å². The Labute approximate surface area is 221 Å². The first kappa shape index (κ1) is 29.1. The number of hydrogen-bond acceptors (Lipinski definition) is 0. The molecule has 0 atom stereocenters. The van der Waals surface area contributed by atoms with Crippen molar-refractivity contribution in [1.29, 1.82) is 0 Å². The lowest BCUT2D eigenvalue weighted by Gasteiger charge is -2.26. The molecule has 0 aliphatic heterocycles. The van der Waals surface area contributed by atoms with Crippen molar-refractivity contribution in [2.45, 2.75) is 81.1 Å². The highest BCUT2D eigenvalue weighted by molar-refractivity contribution is 5.76. The van der Waals surface area contributed by atoms with E-state index in [9.17, 15) is 0 Å². The largest absolute Gasteiger partial charge is 0.0984 e. The fourth-order valence-corrected chi connectivity index (χ4v) is 4.20. The van der Waals surface area contributed by atoms with Crippen LogP contribution in [0.5, 0.6) is 0 Å². The molecule has 3 aromatic carbocycles. The molecule has 0 fully saturated rings. The molecule has 3 aromatic rings. The van der Waals surface area contributed by atoms with Crippen molar-refractivity contribution in [1.82, 2.24) is 0 Å². The second-order valence-corrected chi connectivity index (χ2v) is 10.7. The molecular formula is C36H46. The molecule has 0 N–H and O–H groups in total. The third kappa shape index (κ3) is 7.44. The van der Waals surface area contributed by atoms with Gasteiger partial charge in [-0.15, -0.1) is 0 Å². The van der Waals surface area contributed by atoms with Crippen LogP contribution in [0.15, 0.2) is 90.5 Å². The molecule has 0 saturated carbocycles. The van der Waals surface area contributed by atoms with E-state index in [0.717, 1.165) is 6.42 Å². The number of rotatable bonds is 6. The number of allylic oxidation sites excluding steroid dienone is 5. The first-order chi connectivity index (χ1) is 16.9. The van der Waals surface area contributed by atoms with Gasteiger partial charge in [-0.2, -0.15) is 0 Å². The first-order valence-corrected chi connectivity index (χ1v) is 13.1. The van der Waals surface area contributed by atoms with Crippen LogP contribution in [-0.4, -0.2) is 0 Å². The maximum Gasteiger partial charge on any atom is 0.0146 e. The van der Waals surface area contributed by atoms with Crippen LogP contribution in [0, 0.1) is 34.6 Å². The van der Waals surface area contributed by atoms with Gasteiger partial charge in [0.15, 0.2) is 0 Å². The zero-order valence-corrected chi connectivity index (χ0v) is 24.3. The van der Waals surface area contributed by atoms with Crippen LogP contribution >= 0.6 is 0 Å². The first-order valence-electron chi connectivity index (χ1n) is 13.1. The molecule has 0 radical (unpaired) electrons. The quantitative estimate of drug-likeness (QED) is 0.309. The average Bonchev–Trinajstić information content (AvgIpc) is 2.85. The van der Waals surface area contributed by atoms with E-state index >= 15 is 0 Å². The highest BCUT2D eigenvalue weighted by atomic mass is 14.3. The summed E-state index contributed by atoms with van der Waals surface area (Å²) in [7, 11) is 0. The van der Waals surface area contributed by atoms with Gasteiger partial charge in [-0.25, -0.2) is 0 Å². The Bertz CT molecular complexity index is 1160. The topological polar surface area (TPSA) is 0 Å². The molecule has 36 heavy (non-hydrogen) atoms. The number of aryl methyl sites for hydroxylation is 4. The molecule has 0 aliphatic carbocycles. The van der Waals surface area contributed by atoms with Crippen LogP contribution in [-0.2, 0) is 5.41 Å². The van der Waals surface area contributed by atoms with Gasteiger partial charge < -0.3 is 0 Å². The minimum absolute atomic E-state index is 0.0708. The van der Waals surface area contributed by atoms with Gasteiger partial charge in [-0.1, -0.05) is 122 Å². The molecule has 0 bridgehead atoms. The second kappa shape index (κ2) is 12.7. The second-order valence-electron chi connectivity index (χ2n) is 10.7. The molecule has 0 nitrogen and oxygen atoms in total. The summed E-state index contributed by atoms with van der Waals surface area (Å²) < 4.78 is 0. The molecule has 0 amide bonds. The molecule has 0 saturated heterocycles. The molecule has 0 aromatic heterocycles. The average molecular weight is 479 g/mol. The van der Waals surface area contributed by atoms with Crippen LogP contribution in [0.4, 0.5) is 0 Å². The minimum atomic E-state index is 0.0708. The van der Waals surface area contributed by atoms with E-state index in [1.165, 1.54) is 61.2 Å². The van der Waals surface area contributed by atoms with E-state index in [1.54, 1.807) is 0 Å². The Morgan fingerprint density at radius 1 is 0.750 bits per heavy atom. The molecule has 190 valence electrons. The molecule has 0 heteroatoms. The van der Waals surface area contributed by atoms with Crippen molar-refractivity contribution in [3.05, 3.63) is 135 Å². The van der Waals surface area contributed by atoms with Gasteiger partial charge >= 0.3 is 0 Å². The summed E-state index contributed by atoms with van der Waals surface area (Å²) in [6.07, 6.45) is 5.30. The van der Waals surface area contributed by atoms with Crippen LogP contribution in [0.25, 0.3) is 5.57 Å². The summed E-state index contributed by atoms with van der Waals surface area (Å²) >= 11 is 0. The predicted octanol–water partition coefficient (Wildman–Crippen LogP) is 10.6. The van der Waals surface area contributed by atoms with E-state index in [2.05, 4.69) is 143 Å². The van der Waals surface area contributed by atoms with E-state index in [0.29, 0.717) is 0 Å². The molecule has 3 rings (SSSR count). The van der Waals surface area contributed by atoms with E-state index in [4.69, 9.17) is 0 Å². The summed E-state index contributed by atoms with van der Waals surface area (Å²) in [5.74, 6) is 0. The maximum absolute atomic E-state index is 3.97. The van der Waals surface area contributed by atoms with E-state index < -0.39 is 0 Å². The van der Waals surface area contributed by atoms with Crippen molar-refractivity contribution in [2.24, 2.45) is 0 Å². The molecule has 0 spiro atoms. The summed E-state index contributed by atoms with van der Waals surface area (Å²) in [5, 5.41) is 0. The Hall–Kier alpha value is -3.12. The predicted molar refractivity (Wildman–Crippen MR) is 162 cm³/mol. The van der Waals surface area contributed by atoms with Crippen molar-refractivity contribution in [3.63, 3.8) is 0 Å². The normalized spacial score (nSPS) is 12.4. The van der Waals surface area contributed by atoms with Gasteiger partial charge in [0.1, 0.15) is 0 Å². The van der Waals surface area contributed by atoms with E-state index in [-0.39, 0.29) is 5.41 Å². The third-order valence-electron chi connectivity index (χ3n) is 7.60. The monoisotopic (exact) mass is 478 g/mol. The lowest BCUT2D eigenvalue weighted by atomic mass is 9.78. The Kier molecular flexibility index (Phi) is 10.3. The standard InChI is InChI=1S/C19H26.C17H20/c1-8-13(3)14(4)10-18(9-2)19-11-15(5)17(7)16(6)12-19;1-13-5-9-15(10-6-13)17(3,4)16-11-7-14(2)8-12-16/h9-12H,2,8H2,1,3-7H3;5-12H,1-4H3/b14-13-,18-10+;. The third-order valence-corrected chi connectivity index (χ3v) is 7.60. The van der Waals surface area contributed by atoms with Crippen molar-refractivity contribution in [2.75, 3.05) is 0 Å². The molecule has 0 unspecified atom stereocenters. The van der Waals surface area contributed by atoms with Crippen LogP contribution < -0.4 is 0 Å². The molecule has 0 aliphatic rings. The van der Waals surface area contributed by atoms with Crippen molar-refractivity contribution < 1.29 is 0 Å². The van der Waals surface area contributed by atoms with Gasteiger partial charge in [-0.3, -0.25) is 0 Å². The summed E-state index contributed by atoms with van der Waals surface area (Å²) in [4.78, 5) is 0. The SMILES string of the molecule is C=C/C(=C\C(C)=C(\C)CC)c1cc(C)c(C)c(C)c1.Cc1ccc(C(C)(C)c2ccc(C)cc2)cc1. The van der Waals surface area contributed by atoms with Gasteiger partial charge in [0, 0.05) is 5.41 Å². The Morgan fingerprint density at radius 2 is 1.17 bits per heavy atom. The van der Waals surface area contributed by atoms with Crippen molar-refractivity contribution in [3.8, 4) is 0 Å². The summed E-state index contributed by atoms with van der Waals surface area (Å²) in [6, 6.07) is 22.2. The van der Waals surface area contributed by atoms with Gasteiger partial charge in [0.2, 0.25) is 0 Å². The summed E-state index contributed by atoms with van der Waals surface area (Å²) in [5.41, 5.74) is 14.7. The lowest BCUT2D eigenvalue weighted by molar-refractivity contribution is 0.640. The highest BCUT2D eigenvalue weighted by Gasteiger charge is 2.22. The smallest absolute Gasteiger partial charge is 0.0146 e. The Morgan fingerprint density at radius 3 is 1.53 bits per heavy atom. The number of benzene rings is 3. The number of hydrogen-bond donors (Lipinski definition) is 0. The van der Waals surface area contributed by atoms with Crippen LogP contribution in [0.3, 0.4) is 0 Å². The molecular weight excluding hydrogens is 432 g/mol. The van der Waals surface area contributed by atoms with Gasteiger partial charge in [0.05, 0.1) is 0 Å². The van der Waals surface area contributed by atoms with Crippen LogP contribution in [0.2, 0.25) is 0 Å². The zero-order valence-electron chi connectivity index (χ0n) is 24.3. The van der Waals surface area contributed by atoms with Crippen molar-refractivity contribution >= 4 is 5.57 Å². The Balaban J connectivity index is 0.000000255. The fraction of sp³-hybridized carbons (Fsp3) is 0.333.